The number of carbonyl (C=O) groups excluding carboxylic acids is 2. The van der Waals surface area contributed by atoms with E-state index < -0.39 is 11.6 Å². The minimum Gasteiger partial charge on any atom is -0.494 e. The second-order valence-corrected chi connectivity index (χ2v) is 11.0. The fourth-order valence-corrected chi connectivity index (χ4v) is 6.22. The number of nitrogens with two attached hydrogens (primary N) is 1. The quantitative estimate of drug-likeness (QED) is 0.698. The third-order valence-electron chi connectivity index (χ3n) is 7.81. The molecule has 3 aliphatic carbocycles. The van der Waals surface area contributed by atoms with Crippen LogP contribution in [0.3, 0.4) is 0 Å². The smallest absolute Gasteiger partial charge is 0.323 e. The number of benzene rings is 1. The van der Waals surface area contributed by atoms with Crippen LogP contribution in [0.5, 0.6) is 5.75 Å². The van der Waals surface area contributed by atoms with Crippen molar-refractivity contribution in [3.8, 4) is 5.75 Å². The summed E-state index contributed by atoms with van der Waals surface area (Å²) in [7, 11) is 0. The lowest BCUT2D eigenvalue weighted by atomic mass is 9.55. The van der Waals surface area contributed by atoms with Crippen molar-refractivity contribution in [2.45, 2.75) is 90.2 Å². The van der Waals surface area contributed by atoms with Gasteiger partial charge in [-0.25, -0.2) is 0 Å². The van der Waals surface area contributed by atoms with E-state index >= 15 is 0 Å². The number of hydrogen-bond acceptors (Lipinski definition) is 5. The molecule has 0 aliphatic heterocycles. The number of ether oxygens (including phenoxy) is 2. The Hall–Kier alpha value is -1.88. The Balaban J connectivity index is 1.36. The van der Waals surface area contributed by atoms with Crippen LogP contribution >= 0.6 is 0 Å². The fourth-order valence-electron chi connectivity index (χ4n) is 6.22. The Morgan fingerprint density at radius 2 is 2.00 bits per heavy atom. The molecule has 0 heterocycles. The van der Waals surface area contributed by atoms with Gasteiger partial charge in [-0.15, -0.1) is 0 Å². The van der Waals surface area contributed by atoms with E-state index in [9.17, 15) is 9.59 Å². The van der Waals surface area contributed by atoms with Crippen LogP contribution in [0.15, 0.2) is 18.2 Å². The predicted molar refractivity (Wildman–Crippen MR) is 120 cm³/mol. The van der Waals surface area contributed by atoms with Crippen LogP contribution in [0, 0.1) is 17.3 Å². The zero-order chi connectivity index (χ0) is 22.4. The first kappa shape index (κ1) is 22.3. The maximum atomic E-state index is 12.5. The number of aryl methyl sites for hydroxylation is 1. The van der Waals surface area contributed by atoms with Crippen molar-refractivity contribution in [2.24, 2.45) is 23.0 Å². The fraction of sp³-hybridized carbons (Fsp3) is 0.692. The van der Waals surface area contributed by atoms with Gasteiger partial charge in [0.15, 0.2) is 0 Å². The van der Waals surface area contributed by atoms with Crippen LogP contribution in [-0.2, 0) is 20.7 Å². The Morgan fingerprint density at radius 3 is 2.74 bits per heavy atom. The standard InChI is InChI=1S/C26H37NO4/c1-25(2,3)31-24(29)22(27)12-14-30-17-6-8-18-16(15-17)5-7-20-19(18)11-13-26(4)21(20)9-10-23(26)28/h6,8,15,19-22H,5,7,9-14,27H2,1-4H3/t19-,20-,21+,22?,26+/m1/s1. The molecule has 5 heteroatoms. The minimum atomic E-state index is -0.678. The number of hydrogen-bond donors (Lipinski definition) is 1. The Bertz CT molecular complexity index is 857. The molecule has 0 bridgehead atoms. The van der Waals surface area contributed by atoms with Crippen molar-refractivity contribution in [3.05, 3.63) is 29.3 Å². The Morgan fingerprint density at radius 1 is 1.23 bits per heavy atom. The van der Waals surface area contributed by atoms with Gasteiger partial charge in [-0.3, -0.25) is 9.59 Å². The normalized spacial score (nSPS) is 30.7. The first-order chi connectivity index (χ1) is 14.6. The predicted octanol–water partition coefficient (Wildman–Crippen LogP) is 4.55. The molecule has 1 aromatic carbocycles. The molecule has 2 fully saturated rings. The van der Waals surface area contributed by atoms with Gasteiger partial charge in [0.25, 0.3) is 0 Å². The van der Waals surface area contributed by atoms with Gasteiger partial charge in [0.2, 0.25) is 0 Å². The Labute approximate surface area is 186 Å². The number of carbonyl (C=O) groups is 2. The van der Waals surface area contributed by atoms with Crippen molar-refractivity contribution >= 4 is 11.8 Å². The van der Waals surface area contributed by atoms with E-state index in [1.165, 1.54) is 11.1 Å². The number of ketones is 1. The molecule has 170 valence electrons. The number of Topliss-reactive ketones (excluding diaryl/α,β-unsaturated/α-hetero) is 1. The van der Waals surface area contributed by atoms with Gasteiger partial charge in [-0.1, -0.05) is 13.0 Å². The Kier molecular flexibility index (Phi) is 5.93. The van der Waals surface area contributed by atoms with E-state index in [4.69, 9.17) is 15.2 Å². The topological polar surface area (TPSA) is 78.6 Å². The molecule has 5 nitrogen and oxygen atoms in total. The zero-order valence-electron chi connectivity index (χ0n) is 19.4. The molecular weight excluding hydrogens is 390 g/mol. The zero-order valence-corrected chi connectivity index (χ0v) is 19.4. The summed E-state index contributed by atoms with van der Waals surface area (Å²) in [4.78, 5) is 24.5. The van der Waals surface area contributed by atoms with Crippen LogP contribution in [0.1, 0.15) is 83.3 Å². The van der Waals surface area contributed by atoms with E-state index in [2.05, 4.69) is 19.1 Å². The highest BCUT2D eigenvalue weighted by Gasteiger charge is 2.54. The van der Waals surface area contributed by atoms with Gasteiger partial charge < -0.3 is 15.2 Å². The monoisotopic (exact) mass is 427 g/mol. The van der Waals surface area contributed by atoms with Crippen molar-refractivity contribution in [1.82, 2.24) is 0 Å². The summed E-state index contributed by atoms with van der Waals surface area (Å²) in [5.41, 5.74) is 8.18. The number of rotatable bonds is 5. The summed E-state index contributed by atoms with van der Waals surface area (Å²) in [6, 6.07) is 5.77. The number of fused-ring (bicyclic) bond motifs is 5. The molecule has 4 rings (SSSR count). The molecule has 0 spiro atoms. The lowest BCUT2D eigenvalue weighted by Crippen LogP contribution is -2.42. The summed E-state index contributed by atoms with van der Waals surface area (Å²) in [5.74, 6) is 2.71. The molecule has 31 heavy (non-hydrogen) atoms. The summed E-state index contributed by atoms with van der Waals surface area (Å²) in [6.07, 6.45) is 6.62. The largest absolute Gasteiger partial charge is 0.494 e. The minimum absolute atomic E-state index is 0.0748. The van der Waals surface area contributed by atoms with Crippen LogP contribution in [0.25, 0.3) is 0 Å². The van der Waals surface area contributed by atoms with Gasteiger partial charge in [-0.05, 0) is 93.9 Å². The molecule has 1 aromatic rings. The summed E-state index contributed by atoms with van der Waals surface area (Å²) < 4.78 is 11.3. The van der Waals surface area contributed by atoms with Gasteiger partial charge in [-0.2, -0.15) is 0 Å². The van der Waals surface area contributed by atoms with Gasteiger partial charge in [0, 0.05) is 18.3 Å². The molecule has 0 radical (unpaired) electrons. The molecule has 0 aromatic heterocycles. The number of esters is 1. The van der Waals surface area contributed by atoms with E-state index in [1.54, 1.807) is 0 Å². The average Bonchev–Trinajstić information content (AvgIpc) is 3.01. The van der Waals surface area contributed by atoms with Gasteiger partial charge in [0.1, 0.15) is 23.2 Å². The van der Waals surface area contributed by atoms with Crippen molar-refractivity contribution in [3.63, 3.8) is 0 Å². The van der Waals surface area contributed by atoms with E-state index in [-0.39, 0.29) is 11.4 Å². The average molecular weight is 428 g/mol. The summed E-state index contributed by atoms with van der Waals surface area (Å²) >= 11 is 0. The highest BCUT2D eigenvalue weighted by molar-refractivity contribution is 5.87. The maximum Gasteiger partial charge on any atom is 0.323 e. The van der Waals surface area contributed by atoms with Crippen molar-refractivity contribution in [1.29, 1.82) is 0 Å². The highest BCUT2D eigenvalue weighted by Crippen LogP contribution is 2.59. The molecule has 5 atom stereocenters. The van der Waals surface area contributed by atoms with Crippen LogP contribution in [0.2, 0.25) is 0 Å². The van der Waals surface area contributed by atoms with Gasteiger partial charge >= 0.3 is 5.97 Å². The van der Waals surface area contributed by atoms with Gasteiger partial charge in [0.05, 0.1) is 6.61 Å². The highest BCUT2D eigenvalue weighted by atomic mass is 16.6. The van der Waals surface area contributed by atoms with Crippen LogP contribution in [-0.4, -0.2) is 30.0 Å². The van der Waals surface area contributed by atoms with Crippen LogP contribution < -0.4 is 10.5 Å². The SMILES string of the molecule is CC(C)(C)OC(=O)C(N)CCOc1ccc2c(c1)CC[C@@H]1[C@@H]2CC[C@]2(C)C(=O)CC[C@@H]12. The van der Waals surface area contributed by atoms with E-state index in [1.807, 2.05) is 26.8 Å². The molecular formula is C26H37NO4. The summed E-state index contributed by atoms with van der Waals surface area (Å²) in [6.45, 7) is 8.11. The van der Waals surface area contributed by atoms with E-state index in [0.717, 1.165) is 44.3 Å². The molecule has 0 amide bonds. The molecule has 1 unspecified atom stereocenters. The lowest BCUT2D eigenvalue weighted by molar-refractivity contribution is -0.156. The third kappa shape index (κ3) is 4.39. The lowest BCUT2D eigenvalue weighted by Gasteiger charge is -2.48. The second kappa shape index (κ2) is 8.23. The molecule has 2 saturated carbocycles. The van der Waals surface area contributed by atoms with Crippen molar-refractivity contribution < 1.29 is 19.1 Å². The first-order valence-corrected chi connectivity index (χ1v) is 11.9. The first-order valence-electron chi connectivity index (χ1n) is 11.9. The molecule has 0 saturated heterocycles. The maximum absolute atomic E-state index is 12.5. The second-order valence-electron chi connectivity index (χ2n) is 11.0. The van der Waals surface area contributed by atoms with Crippen molar-refractivity contribution in [2.75, 3.05) is 6.61 Å². The summed E-state index contributed by atoms with van der Waals surface area (Å²) in [5, 5.41) is 0. The molecule has 3 aliphatic rings. The third-order valence-corrected chi connectivity index (χ3v) is 7.81. The van der Waals surface area contributed by atoms with Crippen LogP contribution in [0.4, 0.5) is 0 Å². The van der Waals surface area contributed by atoms with E-state index in [0.29, 0.717) is 36.6 Å². The molecule has 2 N–H and O–H groups in total.